The van der Waals surface area contributed by atoms with E-state index in [2.05, 4.69) is 5.32 Å². The number of anilines is 2. The Morgan fingerprint density at radius 3 is 2.63 bits per heavy atom. The van der Waals surface area contributed by atoms with Gasteiger partial charge in [-0.1, -0.05) is 12.1 Å². The number of carbonyl (C=O) groups excluding carboxylic acids is 1. The molecule has 2 aromatic carbocycles. The van der Waals surface area contributed by atoms with Gasteiger partial charge < -0.3 is 15.8 Å². The Bertz CT molecular complexity index is 565. The van der Waals surface area contributed by atoms with Gasteiger partial charge >= 0.3 is 0 Å². The number of rotatable bonds is 4. The van der Waals surface area contributed by atoms with Crippen LogP contribution in [0.25, 0.3) is 0 Å². The molecule has 4 nitrogen and oxygen atoms in total. The highest BCUT2D eigenvalue weighted by molar-refractivity contribution is 5.92. The molecule has 98 valence electrons. The van der Waals surface area contributed by atoms with E-state index in [4.69, 9.17) is 10.5 Å². The molecule has 2 rings (SSSR count). The van der Waals surface area contributed by atoms with Gasteiger partial charge in [-0.05, 0) is 42.0 Å². The maximum atomic E-state index is 11.9. The smallest absolute Gasteiger partial charge is 0.228 e. The molecule has 19 heavy (non-hydrogen) atoms. The third-order valence-corrected chi connectivity index (χ3v) is 2.69. The van der Waals surface area contributed by atoms with Crippen LogP contribution in [0.5, 0.6) is 5.75 Å². The number of benzene rings is 2. The molecule has 0 unspecified atom stereocenters. The molecular weight excluding hydrogens is 240 g/mol. The number of nitrogens with one attached hydrogen (secondary N) is 1. The largest absolute Gasteiger partial charge is 0.497 e. The van der Waals surface area contributed by atoms with Gasteiger partial charge in [-0.15, -0.1) is 0 Å². The van der Waals surface area contributed by atoms with E-state index < -0.39 is 0 Å². The van der Waals surface area contributed by atoms with Gasteiger partial charge in [-0.2, -0.15) is 0 Å². The second kappa shape index (κ2) is 5.91. The molecular formula is C15H16N2O2. The zero-order chi connectivity index (χ0) is 13.7. The summed E-state index contributed by atoms with van der Waals surface area (Å²) in [6.07, 6.45) is 0.307. The molecule has 2 aromatic rings. The van der Waals surface area contributed by atoms with Gasteiger partial charge in [0.15, 0.2) is 0 Å². The molecule has 1 amide bonds. The van der Waals surface area contributed by atoms with Crippen molar-refractivity contribution >= 4 is 17.3 Å². The number of nitrogens with two attached hydrogens (primary N) is 1. The van der Waals surface area contributed by atoms with Crippen molar-refractivity contribution in [3.05, 3.63) is 54.1 Å². The summed E-state index contributed by atoms with van der Waals surface area (Å²) in [6.45, 7) is 0. The van der Waals surface area contributed by atoms with E-state index >= 15 is 0 Å². The Morgan fingerprint density at radius 2 is 1.95 bits per heavy atom. The molecule has 4 heteroatoms. The summed E-state index contributed by atoms with van der Waals surface area (Å²) in [5, 5.41) is 2.82. The Kier molecular flexibility index (Phi) is 4.03. The predicted molar refractivity (Wildman–Crippen MR) is 76.2 cm³/mol. The normalized spacial score (nSPS) is 9.95. The van der Waals surface area contributed by atoms with Crippen molar-refractivity contribution in [2.45, 2.75) is 6.42 Å². The Labute approximate surface area is 112 Å². The van der Waals surface area contributed by atoms with Crippen LogP contribution in [0, 0.1) is 0 Å². The molecule has 0 heterocycles. The van der Waals surface area contributed by atoms with Gasteiger partial charge in [-0.3, -0.25) is 4.79 Å². The fourth-order valence-electron chi connectivity index (χ4n) is 1.74. The van der Waals surface area contributed by atoms with E-state index in [-0.39, 0.29) is 5.91 Å². The van der Waals surface area contributed by atoms with Crippen LogP contribution < -0.4 is 15.8 Å². The summed E-state index contributed by atoms with van der Waals surface area (Å²) >= 11 is 0. The van der Waals surface area contributed by atoms with Crippen molar-refractivity contribution in [3.63, 3.8) is 0 Å². The monoisotopic (exact) mass is 256 g/mol. The molecule has 0 saturated heterocycles. The third kappa shape index (κ3) is 3.74. The zero-order valence-electron chi connectivity index (χ0n) is 10.7. The number of ether oxygens (including phenoxy) is 1. The molecule has 0 bridgehead atoms. The Morgan fingerprint density at radius 1 is 1.21 bits per heavy atom. The molecule has 0 radical (unpaired) electrons. The van der Waals surface area contributed by atoms with E-state index in [1.165, 1.54) is 0 Å². The van der Waals surface area contributed by atoms with E-state index in [1.807, 2.05) is 24.3 Å². The zero-order valence-corrected chi connectivity index (χ0v) is 10.7. The van der Waals surface area contributed by atoms with Gasteiger partial charge in [0.25, 0.3) is 0 Å². The first-order chi connectivity index (χ1) is 9.17. The molecule has 0 spiro atoms. The summed E-state index contributed by atoms with van der Waals surface area (Å²) in [4.78, 5) is 11.9. The summed E-state index contributed by atoms with van der Waals surface area (Å²) in [5.41, 5.74) is 7.91. The fraction of sp³-hybridized carbons (Fsp3) is 0.133. The topological polar surface area (TPSA) is 64.3 Å². The Balaban J connectivity index is 1.99. The summed E-state index contributed by atoms with van der Waals surface area (Å²) in [7, 11) is 1.60. The number of methoxy groups -OCH3 is 1. The van der Waals surface area contributed by atoms with Crippen LogP contribution in [-0.4, -0.2) is 13.0 Å². The lowest BCUT2D eigenvalue weighted by Crippen LogP contribution is -2.14. The first kappa shape index (κ1) is 13.0. The maximum absolute atomic E-state index is 11.9. The molecule has 0 atom stereocenters. The van der Waals surface area contributed by atoms with Crippen LogP contribution in [0.1, 0.15) is 5.56 Å². The molecule has 0 aromatic heterocycles. The van der Waals surface area contributed by atoms with Crippen molar-refractivity contribution in [1.29, 1.82) is 0 Å². The van der Waals surface area contributed by atoms with Crippen molar-refractivity contribution in [3.8, 4) is 5.75 Å². The lowest BCUT2D eigenvalue weighted by Gasteiger charge is -2.06. The third-order valence-electron chi connectivity index (χ3n) is 2.69. The van der Waals surface area contributed by atoms with E-state index in [1.54, 1.807) is 31.4 Å². The maximum Gasteiger partial charge on any atom is 0.228 e. The van der Waals surface area contributed by atoms with Gasteiger partial charge in [0.05, 0.1) is 13.5 Å². The highest BCUT2D eigenvalue weighted by Gasteiger charge is 2.05. The number of amides is 1. The van der Waals surface area contributed by atoms with E-state index in [9.17, 15) is 4.79 Å². The summed E-state index contributed by atoms with van der Waals surface area (Å²) in [5.74, 6) is 0.677. The first-order valence-electron chi connectivity index (χ1n) is 5.96. The lowest BCUT2D eigenvalue weighted by atomic mass is 10.1. The number of nitrogen functional groups attached to an aromatic ring is 1. The van der Waals surface area contributed by atoms with Crippen molar-refractivity contribution in [2.24, 2.45) is 0 Å². The average molecular weight is 256 g/mol. The minimum absolute atomic E-state index is 0.0713. The van der Waals surface area contributed by atoms with Crippen LogP contribution in [0.2, 0.25) is 0 Å². The fourth-order valence-corrected chi connectivity index (χ4v) is 1.74. The lowest BCUT2D eigenvalue weighted by molar-refractivity contribution is -0.115. The number of carbonyl (C=O) groups is 1. The second-order valence-electron chi connectivity index (χ2n) is 4.20. The van der Waals surface area contributed by atoms with Gasteiger partial charge in [-0.25, -0.2) is 0 Å². The summed E-state index contributed by atoms with van der Waals surface area (Å²) in [6, 6.07) is 14.5. The predicted octanol–water partition coefficient (Wildman–Crippen LogP) is 2.46. The van der Waals surface area contributed by atoms with Crippen LogP contribution in [-0.2, 0) is 11.2 Å². The molecule has 0 fully saturated rings. The van der Waals surface area contributed by atoms with Crippen molar-refractivity contribution < 1.29 is 9.53 Å². The highest BCUT2D eigenvalue weighted by atomic mass is 16.5. The van der Waals surface area contributed by atoms with Crippen molar-refractivity contribution in [2.75, 3.05) is 18.2 Å². The van der Waals surface area contributed by atoms with E-state index in [0.29, 0.717) is 12.1 Å². The summed E-state index contributed by atoms with van der Waals surface area (Å²) < 4.78 is 5.12. The van der Waals surface area contributed by atoms with Crippen LogP contribution in [0.3, 0.4) is 0 Å². The van der Waals surface area contributed by atoms with Gasteiger partial charge in [0.2, 0.25) is 5.91 Å². The quantitative estimate of drug-likeness (QED) is 0.826. The average Bonchev–Trinajstić information content (AvgIpc) is 2.41. The molecule has 0 aliphatic heterocycles. The van der Waals surface area contributed by atoms with Crippen LogP contribution in [0.4, 0.5) is 11.4 Å². The van der Waals surface area contributed by atoms with Crippen LogP contribution in [0.15, 0.2) is 48.5 Å². The highest BCUT2D eigenvalue weighted by Crippen LogP contribution is 2.14. The van der Waals surface area contributed by atoms with Gasteiger partial charge in [0.1, 0.15) is 5.75 Å². The minimum Gasteiger partial charge on any atom is -0.497 e. The van der Waals surface area contributed by atoms with Gasteiger partial charge in [0, 0.05) is 11.4 Å². The SMILES string of the molecule is COc1cccc(CC(=O)Nc2ccc(N)cc2)c1. The standard InChI is InChI=1S/C15H16N2O2/c1-19-14-4-2-3-11(9-14)10-15(18)17-13-7-5-12(16)6-8-13/h2-9H,10,16H2,1H3,(H,17,18). The minimum atomic E-state index is -0.0713. The van der Waals surface area contributed by atoms with E-state index in [0.717, 1.165) is 17.0 Å². The molecule has 3 N–H and O–H groups in total. The molecule has 0 aliphatic rings. The number of hydrogen-bond donors (Lipinski definition) is 2. The first-order valence-corrected chi connectivity index (χ1v) is 5.96. The van der Waals surface area contributed by atoms with Crippen molar-refractivity contribution in [1.82, 2.24) is 0 Å². The molecule has 0 aliphatic carbocycles. The van der Waals surface area contributed by atoms with Crippen LogP contribution >= 0.6 is 0 Å². The number of hydrogen-bond acceptors (Lipinski definition) is 3. The Hall–Kier alpha value is -2.49. The molecule has 0 saturated carbocycles. The second-order valence-corrected chi connectivity index (χ2v) is 4.20.